The van der Waals surface area contributed by atoms with Crippen LogP contribution in [0, 0.1) is 5.92 Å². The van der Waals surface area contributed by atoms with Gasteiger partial charge in [0.05, 0.1) is 9.35 Å². The highest BCUT2D eigenvalue weighted by Gasteiger charge is 2.14. The molecule has 84 valence electrons. The Bertz CT molecular complexity index is 337. The van der Waals surface area contributed by atoms with Crippen molar-refractivity contribution >= 4 is 33.2 Å². The van der Waals surface area contributed by atoms with Crippen molar-refractivity contribution in [3.63, 3.8) is 0 Å². The van der Waals surface area contributed by atoms with Crippen molar-refractivity contribution in [3.05, 3.63) is 20.8 Å². The minimum atomic E-state index is 0.0183. The van der Waals surface area contributed by atoms with Crippen LogP contribution in [0.25, 0.3) is 0 Å². The minimum Gasteiger partial charge on any atom is -0.349 e. The maximum atomic E-state index is 11.8. The molecule has 0 aromatic carbocycles. The van der Waals surface area contributed by atoms with E-state index in [1.807, 2.05) is 18.4 Å². The van der Waals surface area contributed by atoms with Crippen LogP contribution >= 0.6 is 27.3 Å². The second kappa shape index (κ2) is 5.66. The summed E-state index contributed by atoms with van der Waals surface area (Å²) in [6.07, 6.45) is 1.08. The summed E-state index contributed by atoms with van der Waals surface area (Å²) in [4.78, 5) is 11.8. The molecule has 0 radical (unpaired) electrons. The van der Waals surface area contributed by atoms with Gasteiger partial charge in [0.15, 0.2) is 0 Å². The van der Waals surface area contributed by atoms with Gasteiger partial charge >= 0.3 is 0 Å². The van der Waals surface area contributed by atoms with E-state index in [-0.39, 0.29) is 11.9 Å². The summed E-state index contributed by atoms with van der Waals surface area (Å²) in [5.41, 5.74) is 0.738. The molecule has 2 nitrogen and oxygen atoms in total. The first-order valence-electron chi connectivity index (χ1n) is 5.09. The van der Waals surface area contributed by atoms with E-state index in [2.05, 4.69) is 35.1 Å². The second-order valence-corrected chi connectivity index (χ2v) is 6.08. The quantitative estimate of drug-likeness (QED) is 0.900. The van der Waals surface area contributed by atoms with Crippen LogP contribution in [0.2, 0.25) is 0 Å². The molecule has 1 aromatic rings. The number of nitrogens with one attached hydrogen (secondary N) is 1. The van der Waals surface area contributed by atoms with Crippen LogP contribution in [-0.2, 0) is 0 Å². The van der Waals surface area contributed by atoms with E-state index in [1.165, 1.54) is 11.3 Å². The summed E-state index contributed by atoms with van der Waals surface area (Å²) >= 11 is 4.88. The van der Waals surface area contributed by atoms with E-state index in [0.29, 0.717) is 5.92 Å². The first kappa shape index (κ1) is 12.7. The molecule has 0 aliphatic rings. The van der Waals surface area contributed by atoms with Crippen LogP contribution in [-0.4, -0.2) is 11.9 Å². The summed E-state index contributed by atoms with van der Waals surface area (Å²) in [6.45, 7) is 6.33. The predicted octanol–water partition coefficient (Wildman–Crippen LogP) is 3.68. The Hall–Kier alpha value is -0.350. The Kier molecular flexibility index (Phi) is 4.80. The number of hydrogen-bond acceptors (Lipinski definition) is 2. The maximum absolute atomic E-state index is 11.8. The molecular weight excluding hydrogens is 274 g/mol. The van der Waals surface area contributed by atoms with Gasteiger partial charge in [0.25, 0.3) is 5.91 Å². The maximum Gasteiger partial charge on any atom is 0.252 e. The summed E-state index contributed by atoms with van der Waals surface area (Å²) < 4.78 is 0.990. The summed E-state index contributed by atoms with van der Waals surface area (Å²) in [7, 11) is 0. The molecule has 1 heterocycles. The third-order valence-electron chi connectivity index (χ3n) is 2.69. The average Bonchev–Trinajstić information content (AvgIpc) is 2.63. The zero-order valence-electron chi connectivity index (χ0n) is 9.21. The Morgan fingerprint density at radius 3 is 2.73 bits per heavy atom. The van der Waals surface area contributed by atoms with E-state index in [9.17, 15) is 4.79 Å². The van der Waals surface area contributed by atoms with Crippen molar-refractivity contribution in [2.24, 2.45) is 5.92 Å². The lowest BCUT2D eigenvalue weighted by molar-refractivity contribution is 0.0928. The lowest BCUT2D eigenvalue weighted by atomic mass is 10.0. The Balaban J connectivity index is 2.56. The molecule has 1 amide bonds. The summed E-state index contributed by atoms with van der Waals surface area (Å²) in [6, 6.07) is 2.07. The van der Waals surface area contributed by atoms with Crippen LogP contribution in [0.4, 0.5) is 0 Å². The van der Waals surface area contributed by atoms with Crippen molar-refractivity contribution in [3.8, 4) is 0 Å². The molecule has 0 saturated carbocycles. The fourth-order valence-corrected chi connectivity index (χ4v) is 2.35. The number of halogens is 1. The number of rotatable bonds is 4. The largest absolute Gasteiger partial charge is 0.349 e. The molecule has 1 rings (SSSR count). The monoisotopic (exact) mass is 289 g/mol. The van der Waals surface area contributed by atoms with E-state index >= 15 is 0 Å². The molecule has 0 bridgehead atoms. The molecule has 1 aromatic heterocycles. The molecule has 2 unspecified atom stereocenters. The molecule has 0 saturated heterocycles. The highest BCUT2D eigenvalue weighted by molar-refractivity contribution is 9.11. The Morgan fingerprint density at radius 2 is 2.27 bits per heavy atom. The average molecular weight is 290 g/mol. The van der Waals surface area contributed by atoms with E-state index < -0.39 is 0 Å². The summed E-state index contributed by atoms with van der Waals surface area (Å²) in [5.74, 6) is 0.528. The van der Waals surface area contributed by atoms with E-state index in [4.69, 9.17) is 0 Å². The van der Waals surface area contributed by atoms with Gasteiger partial charge in [-0.15, -0.1) is 11.3 Å². The molecule has 15 heavy (non-hydrogen) atoms. The van der Waals surface area contributed by atoms with Crippen LogP contribution in [0.15, 0.2) is 15.2 Å². The first-order chi connectivity index (χ1) is 7.04. The molecular formula is C11H16BrNOS. The van der Waals surface area contributed by atoms with Gasteiger partial charge in [-0.1, -0.05) is 20.3 Å². The number of carbonyl (C=O) groups excluding carboxylic acids is 1. The first-order valence-corrected chi connectivity index (χ1v) is 6.76. The number of amides is 1. The van der Waals surface area contributed by atoms with Crippen molar-refractivity contribution in [2.45, 2.75) is 33.2 Å². The molecule has 0 aliphatic carbocycles. The van der Waals surface area contributed by atoms with Crippen molar-refractivity contribution in [1.82, 2.24) is 5.32 Å². The van der Waals surface area contributed by atoms with Gasteiger partial charge in [-0.05, 0) is 34.8 Å². The summed E-state index contributed by atoms with van der Waals surface area (Å²) in [5, 5.41) is 4.87. The zero-order valence-corrected chi connectivity index (χ0v) is 11.6. The van der Waals surface area contributed by atoms with Crippen LogP contribution < -0.4 is 5.32 Å². The standard InChI is InChI=1S/C11H16BrNOS/c1-4-7(2)8(3)13-11(14)9-5-10(12)15-6-9/h5-8H,4H2,1-3H3,(H,13,14). The van der Waals surface area contributed by atoms with Gasteiger partial charge in [-0.2, -0.15) is 0 Å². The highest BCUT2D eigenvalue weighted by Crippen LogP contribution is 2.20. The topological polar surface area (TPSA) is 29.1 Å². The van der Waals surface area contributed by atoms with Crippen molar-refractivity contribution in [2.75, 3.05) is 0 Å². The van der Waals surface area contributed by atoms with Gasteiger partial charge in [-0.3, -0.25) is 4.79 Å². The van der Waals surface area contributed by atoms with E-state index in [0.717, 1.165) is 15.8 Å². The smallest absolute Gasteiger partial charge is 0.252 e. The molecule has 0 fully saturated rings. The van der Waals surface area contributed by atoms with Gasteiger partial charge in [-0.25, -0.2) is 0 Å². The van der Waals surface area contributed by atoms with Crippen LogP contribution in [0.3, 0.4) is 0 Å². The van der Waals surface area contributed by atoms with Gasteiger partial charge in [0.1, 0.15) is 0 Å². The zero-order chi connectivity index (χ0) is 11.4. The highest BCUT2D eigenvalue weighted by atomic mass is 79.9. The predicted molar refractivity (Wildman–Crippen MR) is 68.4 cm³/mol. The number of hydrogen-bond donors (Lipinski definition) is 1. The molecule has 2 atom stereocenters. The lowest BCUT2D eigenvalue weighted by Crippen LogP contribution is -2.36. The molecule has 1 N–H and O–H groups in total. The third-order valence-corrected chi connectivity index (χ3v) is 4.19. The lowest BCUT2D eigenvalue weighted by Gasteiger charge is -2.19. The number of thiophene rings is 1. The number of carbonyl (C=O) groups is 1. The fraction of sp³-hybridized carbons (Fsp3) is 0.545. The normalized spacial score (nSPS) is 14.7. The van der Waals surface area contributed by atoms with Crippen molar-refractivity contribution < 1.29 is 4.79 Å². The Morgan fingerprint density at radius 1 is 1.60 bits per heavy atom. The van der Waals surface area contributed by atoms with Crippen LogP contribution in [0.1, 0.15) is 37.6 Å². The molecule has 0 aliphatic heterocycles. The van der Waals surface area contributed by atoms with E-state index in [1.54, 1.807) is 0 Å². The van der Waals surface area contributed by atoms with Gasteiger partial charge < -0.3 is 5.32 Å². The van der Waals surface area contributed by atoms with Gasteiger partial charge in [0.2, 0.25) is 0 Å². The molecule has 0 spiro atoms. The SMILES string of the molecule is CCC(C)C(C)NC(=O)c1csc(Br)c1. The Labute approximate surface area is 103 Å². The van der Waals surface area contributed by atoms with Gasteiger partial charge in [0, 0.05) is 11.4 Å². The van der Waals surface area contributed by atoms with Crippen LogP contribution in [0.5, 0.6) is 0 Å². The second-order valence-electron chi connectivity index (χ2n) is 3.79. The minimum absolute atomic E-state index is 0.0183. The fourth-order valence-electron chi connectivity index (χ4n) is 1.22. The molecule has 4 heteroatoms. The third kappa shape index (κ3) is 3.61. The van der Waals surface area contributed by atoms with Crippen molar-refractivity contribution in [1.29, 1.82) is 0 Å².